The van der Waals surface area contributed by atoms with Gasteiger partial charge in [-0.3, -0.25) is 0 Å². The van der Waals surface area contributed by atoms with Crippen LogP contribution in [0.15, 0.2) is 46.0 Å². The number of halogens is 1. The average Bonchev–Trinajstić information content (AvgIpc) is 3.12. The van der Waals surface area contributed by atoms with Crippen LogP contribution in [0.2, 0.25) is 0 Å². The summed E-state index contributed by atoms with van der Waals surface area (Å²) >= 11 is 0. The number of rotatable bonds is 5. The number of guanidine groups is 1. The highest BCUT2D eigenvalue weighted by atomic mass is 19.1. The maximum Gasteiger partial charge on any atom is 0.189 e. The van der Waals surface area contributed by atoms with E-state index < -0.39 is 0 Å². The highest BCUT2D eigenvalue weighted by Gasteiger charge is 2.15. The van der Waals surface area contributed by atoms with E-state index in [2.05, 4.69) is 10.3 Å². The first-order valence-electron chi connectivity index (χ1n) is 7.89. The van der Waals surface area contributed by atoms with Gasteiger partial charge in [-0.25, -0.2) is 9.38 Å². The lowest BCUT2D eigenvalue weighted by atomic mass is 10.1. The third kappa shape index (κ3) is 4.26. The molecule has 2 heterocycles. The van der Waals surface area contributed by atoms with Crippen LogP contribution in [0.3, 0.4) is 0 Å². The minimum Gasteiger partial charge on any atom is -0.467 e. The third-order valence-corrected chi connectivity index (χ3v) is 3.82. The van der Waals surface area contributed by atoms with E-state index in [1.165, 1.54) is 6.07 Å². The van der Waals surface area contributed by atoms with E-state index in [-0.39, 0.29) is 5.82 Å². The SMILES string of the molecule is NC(=NCc1ccc(N2CCOCC2)c(F)c1)NCc1ccco1. The second-order valence-corrected chi connectivity index (χ2v) is 5.52. The van der Waals surface area contributed by atoms with E-state index in [9.17, 15) is 4.39 Å². The number of aliphatic imine (C=N–C) groups is 1. The Morgan fingerprint density at radius 3 is 2.83 bits per heavy atom. The van der Waals surface area contributed by atoms with Crippen molar-refractivity contribution in [3.63, 3.8) is 0 Å². The van der Waals surface area contributed by atoms with Crippen LogP contribution >= 0.6 is 0 Å². The molecule has 1 aliphatic rings. The van der Waals surface area contributed by atoms with Gasteiger partial charge in [0.25, 0.3) is 0 Å². The number of nitrogens with one attached hydrogen (secondary N) is 1. The zero-order valence-corrected chi connectivity index (χ0v) is 13.4. The molecule has 0 aliphatic carbocycles. The van der Waals surface area contributed by atoms with Gasteiger partial charge >= 0.3 is 0 Å². The molecule has 0 bridgehead atoms. The minimum atomic E-state index is -0.244. The van der Waals surface area contributed by atoms with E-state index >= 15 is 0 Å². The molecule has 0 atom stereocenters. The molecule has 1 saturated heterocycles. The normalized spacial score (nSPS) is 15.5. The molecule has 0 unspecified atom stereocenters. The van der Waals surface area contributed by atoms with Gasteiger partial charge in [0.05, 0.1) is 38.3 Å². The Kier molecular flexibility index (Phi) is 5.32. The number of ether oxygens (including phenoxy) is 1. The number of nitrogens with zero attached hydrogens (tertiary/aromatic N) is 2. The zero-order chi connectivity index (χ0) is 16.8. The van der Waals surface area contributed by atoms with Crippen LogP contribution in [0.1, 0.15) is 11.3 Å². The smallest absolute Gasteiger partial charge is 0.189 e. The summed E-state index contributed by atoms with van der Waals surface area (Å²) in [5, 5.41) is 2.95. The van der Waals surface area contributed by atoms with Crippen LogP contribution in [0, 0.1) is 5.82 Å². The van der Waals surface area contributed by atoms with Gasteiger partial charge in [0.1, 0.15) is 11.6 Å². The summed E-state index contributed by atoms with van der Waals surface area (Å²) in [4.78, 5) is 6.21. The summed E-state index contributed by atoms with van der Waals surface area (Å²) < 4.78 is 24.8. The van der Waals surface area contributed by atoms with E-state index in [0.717, 1.165) is 11.3 Å². The van der Waals surface area contributed by atoms with Gasteiger partial charge in [-0.05, 0) is 29.8 Å². The maximum atomic E-state index is 14.3. The fourth-order valence-electron chi connectivity index (χ4n) is 2.53. The fraction of sp³-hybridized carbons (Fsp3) is 0.353. The highest BCUT2D eigenvalue weighted by molar-refractivity contribution is 5.77. The molecule has 128 valence electrons. The van der Waals surface area contributed by atoms with Gasteiger partial charge in [-0.2, -0.15) is 0 Å². The number of anilines is 1. The van der Waals surface area contributed by atoms with Crippen molar-refractivity contribution in [2.24, 2.45) is 10.7 Å². The fourth-order valence-corrected chi connectivity index (χ4v) is 2.53. The van der Waals surface area contributed by atoms with Crippen molar-refractivity contribution >= 4 is 11.6 Å². The van der Waals surface area contributed by atoms with Crippen LogP contribution in [0.25, 0.3) is 0 Å². The van der Waals surface area contributed by atoms with Crippen LogP contribution in [-0.2, 0) is 17.8 Å². The summed E-state index contributed by atoms with van der Waals surface area (Å²) in [6, 6.07) is 8.83. The quantitative estimate of drug-likeness (QED) is 0.646. The average molecular weight is 332 g/mol. The second-order valence-electron chi connectivity index (χ2n) is 5.52. The molecule has 0 saturated carbocycles. The number of nitrogens with two attached hydrogens (primary N) is 1. The molecule has 3 rings (SSSR count). The zero-order valence-electron chi connectivity index (χ0n) is 13.4. The summed E-state index contributed by atoms with van der Waals surface area (Å²) in [6.45, 7) is 3.45. The summed E-state index contributed by atoms with van der Waals surface area (Å²) in [7, 11) is 0. The molecule has 1 aromatic heterocycles. The topological polar surface area (TPSA) is 76.0 Å². The van der Waals surface area contributed by atoms with Crippen molar-refractivity contribution in [2.75, 3.05) is 31.2 Å². The summed E-state index contributed by atoms with van der Waals surface area (Å²) in [6.07, 6.45) is 1.60. The first-order chi connectivity index (χ1) is 11.7. The van der Waals surface area contributed by atoms with Crippen LogP contribution in [0.4, 0.5) is 10.1 Å². The van der Waals surface area contributed by atoms with Crippen LogP contribution in [0.5, 0.6) is 0 Å². The van der Waals surface area contributed by atoms with Crippen molar-refractivity contribution in [3.05, 3.63) is 53.7 Å². The Hall–Kier alpha value is -2.54. The Morgan fingerprint density at radius 2 is 2.12 bits per heavy atom. The van der Waals surface area contributed by atoms with Crippen LogP contribution < -0.4 is 16.0 Å². The lowest BCUT2D eigenvalue weighted by Crippen LogP contribution is -2.36. The van der Waals surface area contributed by atoms with E-state index in [1.54, 1.807) is 12.3 Å². The lowest BCUT2D eigenvalue weighted by Gasteiger charge is -2.29. The molecule has 3 N–H and O–H groups in total. The van der Waals surface area contributed by atoms with Crippen molar-refractivity contribution in [2.45, 2.75) is 13.1 Å². The van der Waals surface area contributed by atoms with Crippen LogP contribution in [-0.4, -0.2) is 32.3 Å². The van der Waals surface area contributed by atoms with Gasteiger partial charge in [-0.15, -0.1) is 0 Å². The van der Waals surface area contributed by atoms with Gasteiger partial charge in [0.15, 0.2) is 5.96 Å². The standard InChI is InChI=1S/C17H21FN4O2/c18-15-10-13(3-4-16(15)22-5-8-23-9-6-22)11-20-17(19)21-12-14-2-1-7-24-14/h1-4,7,10H,5-6,8-9,11-12H2,(H3,19,20,21). The molecular weight excluding hydrogens is 311 g/mol. The van der Waals surface area contributed by atoms with Gasteiger partial charge in [-0.1, -0.05) is 6.07 Å². The molecule has 1 aromatic carbocycles. The van der Waals surface area contributed by atoms with Gasteiger partial charge < -0.3 is 25.1 Å². The molecule has 7 heteroatoms. The lowest BCUT2D eigenvalue weighted by molar-refractivity contribution is 0.122. The molecule has 2 aromatic rings. The van der Waals surface area contributed by atoms with E-state index in [0.29, 0.717) is 51.0 Å². The monoisotopic (exact) mass is 332 g/mol. The van der Waals surface area contributed by atoms with E-state index in [1.807, 2.05) is 23.1 Å². The Bertz CT molecular complexity index is 682. The largest absolute Gasteiger partial charge is 0.467 e. The Morgan fingerprint density at radius 1 is 1.29 bits per heavy atom. The molecule has 1 aliphatic heterocycles. The van der Waals surface area contributed by atoms with E-state index in [4.69, 9.17) is 14.9 Å². The number of furan rings is 1. The molecule has 0 radical (unpaired) electrons. The maximum absolute atomic E-state index is 14.3. The Labute approximate surface area is 140 Å². The number of hydrogen-bond donors (Lipinski definition) is 2. The summed E-state index contributed by atoms with van der Waals surface area (Å²) in [5.74, 6) is 0.824. The van der Waals surface area contributed by atoms with Crippen molar-refractivity contribution in [3.8, 4) is 0 Å². The summed E-state index contributed by atoms with van der Waals surface area (Å²) in [5.41, 5.74) is 7.18. The first-order valence-corrected chi connectivity index (χ1v) is 7.89. The predicted octanol–water partition coefficient (Wildman–Crippen LogP) is 1.86. The minimum absolute atomic E-state index is 0.244. The highest BCUT2D eigenvalue weighted by Crippen LogP contribution is 2.21. The van der Waals surface area contributed by atoms with Gasteiger partial charge in [0, 0.05) is 13.1 Å². The number of benzene rings is 1. The van der Waals surface area contributed by atoms with Crippen molar-refractivity contribution in [1.82, 2.24) is 5.32 Å². The first kappa shape index (κ1) is 16.3. The third-order valence-electron chi connectivity index (χ3n) is 3.82. The molecule has 0 spiro atoms. The number of hydrogen-bond acceptors (Lipinski definition) is 4. The predicted molar refractivity (Wildman–Crippen MR) is 90.3 cm³/mol. The van der Waals surface area contributed by atoms with Crippen molar-refractivity contribution < 1.29 is 13.5 Å². The second kappa shape index (κ2) is 7.83. The molecule has 0 amide bonds. The molecule has 24 heavy (non-hydrogen) atoms. The van der Waals surface area contributed by atoms with Crippen molar-refractivity contribution in [1.29, 1.82) is 0 Å². The molecular formula is C17H21FN4O2. The number of morpholine rings is 1. The molecule has 1 fully saturated rings. The molecule has 6 nitrogen and oxygen atoms in total. The Balaban J connectivity index is 1.56. The van der Waals surface area contributed by atoms with Gasteiger partial charge in [0.2, 0.25) is 0 Å².